The minimum absolute atomic E-state index is 0.617. The molecular weight excluding hydrogens is 234 g/mol. The molecule has 17 heavy (non-hydrogen) atoms. The first-order valence-electron chi connectivity index (χ1n) is 5.08. The average molecular weight is 243 g/mol. The van der Waals surface area contributed by atoms with Crippen LogP contribution in [-0.2, 0) is 0 Å². The highest BCUT2D eigenvalue weighted by Crippen LogP contribution is 2.27. The number of nitrogens with one attached hydrogen (secondary N) is 1. The van der Waals surface area contributed by atoms with Crippen LogP contribution in [-0.4, -0.2) is 27.0 Å². The SMILES string of the molecule is CNc1nc(-c2ccncn2)nc2sccc12. The van der Waals surface area contributed by atoms with Gasteiger partial charge in [-0.15, -0.1) is 11.3 Å². The van der Waals surface area contributed by atoms with Gasteiger partial charge in [-0.2, -0.15) is 0 Å². The lowest BCUT2D eigenvalue weighted by Crippen LogP contribution is -1.98. The van der Waals surface area contributed by atoms with Crippen molar-refractivity contribution >= 4 is 27.4 Å². The van der Waals surface area contributed by atoms with E-state index in [1.54, 1.807) is 23.6 Å². The van der Waals surface area contributed by atoms with E-state index in [1.807, 2.05) is 18.5 Å². The smallest absolute Gasteiger partial charge is 0.181 e. The maximum absolute atomic E-state index is 4.49. The second kappa shape index (κ2) is 4.06. The quantitative estimate of drug-likeness (QED) is 0.747. The summed E-state index contributed by atoms with van der Waals surface area (Å²) < 4.78 is 0. The number of thiophene rings is 1. The van der Waals surface area contributed by atoms with Crippen molar-refractivity contribution in [1.29, 1.82) is 0 Å². The number of fused-ring (bicyclic) bond motifs is 1. The van der Waals surface area contributed by atoms with Gasteiger partial charge in [-0.25, -0.2) is 19.9 Å². The summed E-state index contributed by atoms with van der Waals surface area (Å²) in [7, 11) is 1.85. The van der Waals surface area contributed by atoms with Crippen molar-refractivity contribution in [3.63, 3.8) is 0 Å². The van der Waals surface area contributed by atoms with Crippen LogP contribution >= 0.6 is 11.3 Å². The Balaban J connectivity index is 2.24. The van der Waals surface area contributed by atoms with Crippen LogP contribution in [0.15, 0.2) is 30.0 Å². The molecule has 0 fully saturated rings. The third-order valence-corrected chi connectivity index (χ3v) is 3.18. The Morgan fingerprint density at radius 3 is 2.94 bits per heavy atom. The molecule has 3 rings (SSSR count). The van der Waals surface area contributed by atoms with E-state index in [-0.39, 0.29) is 0 Å². The van der Waals surface area contributed by atoms with Crippen molar-refractivity contribution in [3.05, 3.63) is 30.0 Å². The predicted molar refractivity (Wildman–Crippen MR) is 68.0 cm³/mol. The summed E-state index contributed by atoms with van der Waals surface area (Å²) in [5.74, 6) is 1.44. The molecule has 0 spiro atoms. The molecule has 3 aromatic heterocycles. The monoisotopic (exact) mass is 243 g/mol. The number of nitrogens with zero attached hydrogens (tertiary/aromatic N) is 4. The van der Waals surface area contributed by atoms with Crippen molar-refractivity contribution in [3.8, 4) is 11.5 Å². The van der Waals surface area contributed by atoms with Gasteiger partial charge in [0.1, 0.15) is 22.7 Å². The van der Waals surface area contributed by atoms with Crippen LogP contribution < -0.4 is 5.32 Å². The normalized spacial score (nSPS) is 10.6. The van der Waals surface area contributed by atoms with Gasteiger partial charge >= 0.3 is 0 Å². The minimum atomic E-state index is 0.617. The van der Waals surface area contributed by atoms with Crippen LogP contribution in [0.2, 0.25) is 0 Å². The van der Waals surface area contributed by atoms with Crippen molar-refractivity contribution in [1.82, 2.24) is 19.9 Å². The highest BCUT2D eigenvalue weighted by Gasteiger charge is 2.09. The van der Waals surface area contributed by atoms with Gasteiger partial charge in [-0.05, 0) is 17.5 Å². The summed E-state index contributed by atoms with van der Waals surface area (Å²) in [5, 5.41) is 6.12. The molecule has 3 heterocycles. The van der Waals surface area contributed by atoms with E-state index < -0.39 is 0 Å². The maximum atomic E-state index is 4.49. The van der Waals surface area contributed by atoms with Gasteiger partial charge in [0.25, 0.3) is 0 Å². The molecular formula is C11H9N5S. The highest BCUT2D eigenvalue weighted by atomic mass is 32.1. The zero-order chi connectivity index (χ0) is 11.7. The van der Waals surface area contributed by atoms with Gasteiger partial charge in [-0.1, -0.05) is 0 Å². The average Bonchev–Trinajstić information content (AvgIpc) is 2.86. The third-order valence-electron chi connectivity index (χ3n) is 2.37. The predicted octanol–water partition coefficient (Wildman–Crippen LogP) is 2.19. The van der Waals surface area contributed by atoms with Gasteiger partial charge in [0.05, 0.1) is 5.39 Å². The summed E-state index contributed by atoms with van der Waals surface area (Å²) in [4.78, 5) is 17.9. The summed E-state index contributed by atoms with van der Waals surface area (Å²) in [6.07, 6.45) is 3.18. The lowest BCUT2D eigenvalue weighted by atomic mass is 10.3. The molecule has 3 aromatic rings. The van der Waals surface area contributed by atoms with Crippen molar-refractivity contribution < 1.29 is 0 Å². The molecule has 0 radical (unpaired) electrons. The van der Waals surface area contributed by atoms with Crippen LogP contribution in [0.3, 0.4) is 0 Å². The second-order valence-electron chi connectivity index (χ2n) is 3.38. The minimum Gasteiger partial charge on any atom is -0.372 e. The zero-order valence-electron chi connectivity index (χ0n) is 9.08. The van der Waals surface area contributed by atoms with Crippen molar-refractivity contribution in [2.75, 3.05) is 12.4 Å². The topological polar surface area (TPSA) is 63.6 Å². The fourth-order valence-electron chi connectivity index (χ4n) is 1.58. The van der Waals surface area contributed by atoms with Gasteiger partial charge in [0.15, 0.2) is 5.82 Å². The third kappa shape index (κ3) is 1.72. The lowest BCUT2D eigenvalue weighted by Gasteiger charge is -2.04. The highest BCUT2D eigenvalue weighted by molar-refractivity contribution is 7.16. The number of anilines is 1. The van der Waals surface area contributed by atoms with Gasteiger partial charge in [0.2, 0.25) is 0 Å². The Bertz CT molecular complexity index is 649. The van der Waals surface area contributed by atoms with E-state index in [9.17, 15) is 0 Å². The van der Waals surface area contributed by atoms with Crippen LogP contribution in [0.1, 0.15) is 0 Å². The standard InChI is InChI=1S/C11H9N5S/c1-12-9-7-3-5-17-11(7)16-10(15-9)8-2-4-13-6-14-8/h2-6H,1H3,(H,12,15,16). The zero-order valence-corrected chi connectivity index (χ0v) is 9.90. The first-order valence-corrected chi connectivity index (χ1v) is 5.96. The molecule has 0 aromatic carbocycles. The molecule has 0 aliphatic heterocycles. The molecule has 1 N–H and O–H groups in total. The molecule has 6 heteroatoms. The number of rotatable bonds is 2. The second-order valence-corrected chi connectivity index (χ2v) is 4.27. The van der Waals surface area contributed by atoms with E-state index in [0.29, 0.717) is 5.82 Å². The summed E-state index contributed by atoms with van der Waals surface area (Å²) >= 11 is 1.59. The van der Waals surface area contributed by atoms with Crippen LogP contribution in [0.4, 0.5) is 5.82 Å². The van der Waals surface area contributed by atoms with E-state index in [1.165, 1.54) is 6.33 Å². The van der Waals surface area contributed by atoms with E-state index >= 15 is 0 Å². The number of hydrogen-bond donors (Lipinski definition) is 1. The van der Waals surface area contributed by atoms with Gasteiger partial charge < -0.3 is 5.32 Å². The molecule has 0 aliphatic rings. The summed E-state index contributed by atoms with van der Waals surface area (Å²) in [6, 6.07) is 3.81. The Hall–Kier alpha value is -2.08. The molecule has 0 amide bonds. The number of aromatic nitrogens is 4. The molecule has 0 bridgehead atoms. The first-order chi connectivity index (χ1) is 8.38. The van der Waals surface area contributed by atoms with E-state index in [0.717, 1.165) is 21.7 Å². The van der Waals surface area contributed by atoms with Crippen LogP contribution in [0.25, 0.3) is 21.7 Å². The molecule has 0 aliphatic carbocycles. The van der Waals surface area contributed by atoms with E-state index in [2.05, 4.69) is 25.3 Å². The van der Waals surface area contributed by atoms with Crippen LogP contribution in [0, 0.1) is 0 Å². The van der Waals surface area contributed by atoms with Crippen molar-refractivity contribution in [2.45, 2.75) is 0 Å². The fraction of sp³-hybridized carbons (Fsp3) is 0.0909. The maximum Gasteiger partial charge on any atom is 0.181 e. The Morgan fingerprint density at radius 1 is 1.24 bits per heavy atom. The van der Waals surface area contributed by atoms with Crippen molar-refractivity contribution in [2.24, 2.45) is 0 Å². The number of hydrogen-bond acceptors (Lipinski definition) is 6. The molecule has 0 saturated carbocycles. The Morgan fingerprint density at radius 2 is 2.18 bits per heavy atom. The molecule has 0 unspecified atom stereocenters. The Kier molecular flexibility index (Phi) is 2.41. The molecule has 84 valence electrons. The lowest BCUT2D eigenvalue weighted by molar-refractivity contribution is 1.12. The summed E-state index contributed by atoms with van der Waals surface area (Å²) in [6.45, 7) is 0. The van der Waals surface area contributed by atoms with Gasteiger partial charge in [-0.3, -0.25) is 0 Å². The molecule has 0 saturated heterocycles. The van der Waals surface area contributed by atoms with Crippen LogP contribution in [0.5, 0.6) is 0 Å². The Labute approximate surface area is 102 Å². The van der Waals surface area contributed by atoms with E-state index in [4.69, 9.17) is 0 Å². The van der Waals surface area contributed by atoms with Gasteiger partial charge in [0, 0.05) is 13.2 Å². The fourth-order valence-corrected chi connectivity index (χ4v) is 2.35. The summed E-state index contributed by atoms with van der Waals surface area (Å²) in [5.41, 5.74) is 0.729. The first kappa shape index (κ1) is 10.1. The molecule has 0 atom stereocenters. The largest absolute Gasteiger partial charge is 0.372 e. The molecule has 5 nitrogen and oxygen atoms in total.